The van der Waals surface area contributed by atoms with Crippen LogP contribution in [0.1, 0.15) is 48.4 Å². The number of rotatable bonds is 3. The average Bonchev–Trinajstić information content (AvgIpc) is 3.46. The van der Waals surface area contributed by atoms with E-state index in [-0.39, 0.29) is 10.8 Å². The number of benzene rings is 1. The van der Waals surface area contributed by atoms with Gasteiger partial charge in [-0.1, -0.05) is 6.07 Å². The van der Waals surface area contributed by atoms with E-state index >= 15 is 0 Å². The molecular formula is C21H25N5O4S. The van der Waals surface area contributed by atoms with Crippen molar-refractivity contribution in [2.45, 2.75) is 63.3 Å². The molecule has 31 heavy (non-hydrogen) atoms. The summed E-state index contributed by atoms with van der Waals surface area (Å²) in [5.74, 6) is -0.276. The van der Waals surface area contributed by atoms with Crippen molar-refractivity contribution in [2.75, 3.05) is 11.9 Å². The van der Waals surface area contributed by atoms with Gasteiger partial charge in [-0.15, -0.1) is 4.36 Å². The van der Waals surface area contributed by atoms with Gasteiger partial charge in [-0.3, -0.25) is 9.52 Å². The lowest BCUT2D eigenvalue weighted by Crippen LogP contribution is -2.30. The lowest BCUT2D eigenvalue weighted by molar-refractivity contribution is -0.117. The van der Waals surface area contributed by atoms with Gasteiger partial charge >= 0.3 is 6.03 Å². The maximum absolute atomic E-state index is 13.7. The molecule has 1 aliphatic heterocycles. The molecule has 164 valence electrons. The van der Waals surface area contributed by atoms with Crippen molar-refractivity contribution in [1.82, 2.24) is 14.5 Å². The molecule has 3 amide bonds. The normalized spacial score (nSPS) is 18.2. The fraction of sp³-hybridized carbons (Fsp3) is 0.476. The highest BCUT2D eigenvalue weighted by molar-refractivity contribution is 7.92. The number of nitrogens with zero attached hydrogens (tertiary/aromatic N) is 3. The van der Waals surface area contributed by atoms with Crippen LogP contribution in [0, 0.1) is 0 Å². The SMILES string of the molecule is CC(=O)NS(=O)(=NC(=O)Nc1c2c(cc3c1CCC3)CCC2)c1cnn2c1OCCC2. The summed E-state index contributed by atoms with van der Waals surface area (Å²) in [6, 6.07) is 1.53. The van der Waals surface area contributed by atoms with Crippen LogP contribution in [0.15, 0.2) is 21.5 Å². The van der Waals surface area contributed by atoms with E-state index in [4.69, 9.17) is 4.74 Å². The van der Waals surface area contributed by atoms with Gasteiger partial charge < -0.3 is 10.1 Å². The van der Waals surface area contributed by atoms with Crippen LogP contribution in [0.2, 0.25) is 0 Å². The van der Waals surface area contributed by atoms with Crippen molar-refractivity contribution in [3.63, 3.8) is 0 Å². The minimum atomic E-state index is -3.61. The smallest absolute Gasteiger partial charge is 0.355 e. The van der Waals surface area contributed by atoms with Crippen LogP contribution in [-0.2, 0) is 46.9 Å². The lowest BCUT2D eigenvalue weighted by atomic mass is 9.99. The Morgan fingerprint density at radius 1 is 1.13 bits per heavy atom. The second-order valence-electron chi connectivity index (χ2n) is 8.18. The van der Waals surface area contributed by atoms with E-state index in [0.717, 1.165) is 61.8 Å². The quantitative estimate of drug-likeness (QED) is 0.757. The summed E-state index contributed by atoms with van der Waals surface area (Å²) in [6.07, 6.45) is 8.07. The number of nitrogens with one attached hydrogen (secondary N) is 2. The highest BCUT2D eigenvalue weighted by Crippen LogP contribution is 2.38. The number of anilines is 1. The zero-order chi connectivity index (χ0) is 21.6. The molecule has 1 atom stereocenters. The first-order valence-corrected chi connectivity index (χ1v) is 12.2. The molecular weight excluding hydrogens is 418 g/mol. The minimum Gasteiger partial charge on any atom is -0.477 e. The molecule has 1 aromatic carbocycles. The Kier molecular flexibility index (Phi) is 4.96. The molecule has 0 fully saturated rings. The summed E-state index contributed by atoms with van der Waals surface area (Å²) < 4.78 is 27.2. The van der Waals surface area contributed by atoms with E-state index in [1.165, 1.54) is 24.2 Å². The fourth-order valence-corrected chi connectivity index (χ4v) is 6.28. The third-order valence-electron chi connectivity index (χ3n) is 6.01. The minimum absolute atomic E-state index is 0.112. The molecule has 2 aromatic rings. The Morgan fingerprint density at radius 2 is 1.84 bits per heavy atom. The van der Waals surface area contributed by atoms with Crippen molar-refractivity contribution < 1.29 is 18.5 Å². The molecule has 0 spiro atoms. The Hall–Kier alpha value is -2.88. The summed E-state index contributed by atoms with van der Waals surface area (Å²) in [5.41, 5.74) is 5.67. The number of ether oxygens (including phenoxy) is 1. The Labute approximate surface area is 180 Å². The Bertz CT molecular complexity index is 1180. The lowest BCUT2D eigenvalue weighted by Gasteiger charge is -2.18. The molecule has 0 saturated carbocycles. The van der Waals surface area contributed by atoms with Gasteiger partial charge in [0.15, 0.2) is 9.92 Å². The zero-order valence-electron chi connectivity index (χ0n) is 17.4. The van der Waals surface area contributed by atoms with E-state index in [1.807, 2.05) is 0 Å². The molecule has 0 saturated heterocycles. The van der Waals surface area contributed by atoms with Gasteiger partial charge in [-0.2, -0.15) is 5.10 Å². The maximum Gasteiger partial charge on any atom is 0.355 e. The van der Waals surface area contributed by atoms with Crippen LogP contribution in [0.5, 0.6) is 5.88 Å². The number of hydrogen-bond acceptors (Lipinski definition) is 5. The van der Waals surface area contributed by atoms with E-state index in [2.05, 4.69) is 25.6 Å². The van der Waals surface area contributed by atoms with Gasteiger partial charge in [-0.25, -0.2) is 13.7 Å². The summed E-state index contributed by atoms with van der Waals surface area (Å²) in [4.78, 5) is 24.9. The molecule has 9 nitrogen and oxygen atoms in total. The first-order valence-electron chi connectivity index (χ1n) is 10.7. The number of aromatic nitrogens is 2. The van der Waals surface area contributed by atoms with Gasteiger partial charge in [-0.05, 0) is 60.8 Å². The number of urea groups is 1. The van der Waals surface area contributed by atoms with Crippen molar-refractivity contribution >= 4 is 27.5 Å². The molecule has 0 radical (unpaired) electrons. The van der Waals surface area contributed by atoms with Crippen LogP contribution < -0.4 is 14.8 Å². The zero-order valence-corrected chi connectivity index (χ0v) is 18.2. The predicted molar refractivity (Wildman–Crippen MR) is 115 cm³/mol. The highest BCUT2D eigenvalue weighted by Gasteiger charge is 2.29. The molecule has 1 unspecified atom stereocenters. The van der Waals surface area contributed by atoms with Crippen LogP contribution in [-0.4, -0.2) is 32.5 Å². The summed E-state index contributed by atoms with van der Waals surface area (Å²) in [5, 5.41) is 7.09. The van der Waals surface area contributed by atoms with E-state index < -0.39 is 21.9 Å². The Morgan fingerprint density at radius 3 is 2.52 bits per heavy atom. The molecule has 2 N–H and O–H groups in total. The van der Waals surface area contributed by atoms with Gasteiger partial charge in [0.1, 0.15) is 4.90 Å². The van der Waals surface area contributed by atoms with Crippen LogP contribution in [0.3, 0.4) is 0 Å². The van der Waals surface area contributed by atoms with Crippen molar-refractivity contribution in [3.05, 3.63) is 34.5 Å². The van der Waals surface area contributed by atoms with Gasteiger partial charge in [0.05, 0.1) is 12.8 Å². The monoisotopic (exact) mass is 443 g/mol. The van der Waals surface area contributed by atoms with Gasteiger partial charge in [0, 0.05) is 25.6 Å². The molecule has 0 bridgehead atoms. The fourth-order valence-electron chi connectivity index (χ4n) is 4.77. The molecule has 1 aromatic heterocycles. The largest absolute Gasteiger partial charge is 0.477 e. The number of carbonyl (C=O) groups is 2. The predicted octanol–water partition coefficient (Wildman–Crippen LogP) is 2.75. The molecule has 2 heterocycles. The number of carbonyl (C=O) groups excluding carboxylic acids is 2. The van der Waals surface area contributed by atoms with Crippen LogP contribution in [0.4, 0.5) is 10.5 Å². The molecule has 2 aliphatic carbocycles. The Balaban J connectivity index is 1.54. The van der Waals surface area contributed by atoms with Crippen molar-refractivity contribution in [2.24, 2.45) is 4.36 Å². The topological polar surface area (TPSA) is 115 Å². The number of fused-ring (bicyclic) bond motifs is 3. The van der Waals surface area contributed by atoms with Crippen molar-refractivity contribution in [1.29, 1.82) is 0 Å². The number of amides is 3. The van der Waals surface area contributed by atoms with E-state index in [0.29, 0.717) is 13.2 Å². The number of hydrogen-bond donors (Lipinski definition) is 2. The molecule has 3 aliphatic rings. The van der Waals surface area contributed by atoms with Crippen molar-refractivity contribution in [3.8, 4) is 5.88 Å². The van der Waals surface area contributed by atoms with Gasteiger partial charge in [0.25, 0.3) is 0 Å². The third kappa shape index (κ3) is 3.58. The second-order valence-corrected chi connectivity index (χ2v) is 10.1. The summed E-state index contributed by atoms with van der Waals surface area (Å²) >= 11 is 0. The summed E-state index contributed by atoms with van der Waals surface area (Å²) in [7, 11) is -3.61. The van der Waals surface area contributed by atoms with E-state index in [1.54, 1.807) is 4.68 Å². The standard InChI is InChI=1S/C21H25N5O4S/c1-13(27)24-31(29,18-12-22-26-9-4-10-30-20(18)26)25-21(28)23-19-16-7-2-5-14(16)11-15-6-3-8-17(15)19/h11-12H,2-10H2,1H3,(H2,23,24,25,27,28,29). The summed E-state index contributed by atoms with van der Waals surface area (Å²) in [6.45, 7) is 2.29. The highest BCUT2D eigenvalue weighted by atomic mass is 32.2. The molecule has 10 heteroatoms. The van der Waals surface area contributed by atoms with Gasteiger partial charge in [0.2, 0.25) is 11.8 Å². The average molecular weight is 444 g/mol. The number of aryl methyl sites for hydroxylation is 3. The first kappa shape index (κ1) is 20.0. The first-order chi connectivity index (χ1) is 14.9. The van der Waals surface area contributed by atoms with Crippen LogP contribution in [0.25, 0.3) is 0 Å². The second kappa shape index (κ2) is 7.67. The van der Waals surface area contributed by atoms with E-state index in [9.17, 15) is 13.8 Å². The third-order valence-corrected chi connectivity index (χ3v) is 7.87. The maximum atomic E-state index is 13.7. The molecule has 5 rings (SSSR count). The van der Waals surface area contributed by atoms with Crippen LogP contribution >= 0.6 is 0 Å².